The van der Waals surface area contributed by atoms with Gasteiger partial charge in [-0.05, 0) is 41.8 Å². The van der Waals surface area contributed by atoms with E-state index in [-0.39, 0.29) is 30.5 Å². The molecule has 2 heterocycles. The summed E-state index contributed by atoms with van der Waals surface area (Å²) in [5.74, 6) is 0.708. The van der Waals surface area contributed by atoms with Crippen molar-refractivity contribution in [1.82, 2.24) is 14.8 Å². The summed E-state index contributed by atoms with van der Waals surface area (Å²) < 4.78 is 32.5. The Balaban J connectivity index is 0.00000364. The number of guanidine groups is 1. The summed E-state index contributed by atoms with van der Waals surface area (Å²) in [6.45, 7) is 4.57. The Morgan fingerprint density at radius 2 is 2.07 bits per heavy atom. The predicted octanol–water partition coefficient (Wildman–Crippen LogP) is 2.40. The molecule has 0 atom stereocenters. The van der Waals surface area contributed by atoms with Gasteiger partial charge in [-0.25, -0.2) is 8.42 Å². The fourth-order valence-corrected chi connectivity index (χ4v) is 4.90. The lowest BCUT2D eigenvalue weighted by Gasteiger charge is -2.34. The second-order valence-corrected chi connectivity index (χ2v) is 10.2. The number of aryl methyl sites for hydroxylation is 1. The van der Waals surface area contributed by atoms with Crippen molar-refractivity contribution >= 4 is 55.7 Å². The molecule has 1 fully saturated rings. The third-order valence-electron chi connectivity index (χ3n) is 4.88. The molecule has 156 valence electrons. The molecule has 1 aromatic rings. The van der Waals surface area contributed by atoms with Crippen molar-refractivity contribution in [1.29, 1.82) is 0 Å². The Bertz CT molecular complexity index is 745. The number of hydrogen-bond acceptors (Lipinski definition) is 4. The zero-order valence-electron chi connectivity index (χ0n) is 16.4. The Morgan fingerprint density at radius 1 is 1.44 bits per heavy atom. The SMILES string of the molecule is CCNC(=NCC1(S(C)(=O)=O)CCOCC1)N(C)Cc1cc(Br)cn1C.I. The number of aliphatic imine (C=N–C) groups is 1. The van der Waals surface area contributed by atoms with Gasteiger partial charge in [-0.2, -0.15) is 0 Å². The van der Waals surface area contributed by atoms with Gasteiger partial charge >= 0.3 is 0 Å². The van der Waals surface area contributed by atoms with E-state index in [0.29, 0.717) is 38.6 Å². The van der Waals surface area contributed by atoms with Crippen LogP contribution in [0.1, 0.15) is 25.5 Å². The highest BCUT2D eigenvalue weighted by Crippen LogP contribution is 2.29. The highest BCUT2D eigenvalue weighted by molar-refractivity contribution is 14.0. The summed E-state index contributed by atoms with van der Waals surface area (Å²) >= 11 is 3.49. The van der Waals surface area contributed by atoms with E-state index in [0.717, 1.165) is 16.7 Å². The molecule has 0 radical (unpaired) electrons. The molecule has 27 heavy (non-hydrogen) atoms. The summed E-state index contributed by atoms with van der Waals surface area (Å²) in [6.07, 6.45) is 4.30. The number of aromatic nitrogens is 1. The first-order valence-corrected chi connectivity index (χ1v) is 11.4. The molecule has 1 N–H and O–H groups in total. The van der Waals surface area contributed by atoms with Crippen molar-refractivity contribution in [3.8, 4) is 0 Å². The van der Waals surface area contributed by atoms with Crippen LogP contribution in [0.15, 0.2) is 21.7 Å². The van der Waals surface area contributed by atoms with Crippen LogP contribution in [0.5, 0.6) is 0 Å². The fraction of sp³-hybridized carbons (Fsp3) is 0.706. The predicted molar refractivity (Wildman–Crippen MR) is 124 cm³/mol. The highest BCUT2D eigenvalue weighted by atomic mass is 127. The first kappa shape index (κ1) is 24.7. The summed E-state index contributed by atoms with van der Waals surface area (Å²) in [6, 6.07) is 2.07. The van der Waals surface area contributed by atoms with Crippen molar-refractivity contribution in [2.24, 2.45) is 12.0 Å². The van der Waals surface area contributed by atoms with Gasteiger partial charge in [0.25, 0.3) is 0 Å². The van der Waals surface area contributed by atoms with E-state index >= 15 is 0 Å². The topological polar surface area (TPSA) is 75.9 Å². The molecule has 1 saturated heterocycles. The van der Waals surface area contributed by atoms with Crippen LogP contribution in [0, 0.1) is 0 Å². The van der Waals surface area contributed by atoms with Gasteiger partial charge in [0, 0.05) is 56.5 Å². The van der Waals surface area contributed by atoms with Crippen LogP contribution >= 0.6 is 39.9 Å². The molecule has 7 nitrogen and oxygen atoms in total. The van der Waals surface area contributed by atoms with Gasteiger partial charge < -0.3 is 19.5 Å². The first-order valence-electron chi connectivity index (χ1n) is 8.76. The molecule has 0 aliphatic carbocycles. The third kappa shape index (κ3) is 6.33. The number of nitrogens with zero attached hydrogens (tertiary/aromatic N) is 3. The van der Waals surface area contributed by atoms with E-state index < -0.39 is 14.6 Å². The van der Waals surface area contributed by atoms with Crippen LogP contribution in [0.3, 0.4) is 0 Å². The van der Waals surface area contributed by atoms with E-state index in [4.69, 9.17) is 4.74 Å². The van der Waals surface area contributed by atoms with Crippen LogP contribution in [0.4, 0.5) is 0 Å². The van der Waals surface area contributed by atoms with Gasteiger partial charge in [-0.1, -0.05) is 0 Å². The van der Waals surface area contributed by atoms with Crippen molar-refractivity contribution in [2.75, 3.05) is 39.6 Å². The quantitative estimate of drug-likeness (QED) is 0.320. The van der Waals surface area contributed by atoms with Crippen molar-refractivity contribution in [2.45, 2.75) is 31.1 Å². The van der Waals surface area contributed by atoms with E-state index in [1.165, 1.54) is 6.26 Å². The monoisotopic (exact) mass is 576 g/mol. The number of sulfone groups is 1. The molecule has 10 heteroatoms. The third-order valence-corrected chi connectivity index (χ3v) is 7.42. The fourth-order valence-electron chi connectivity index (χ4n) is 3.12. The number of nitrogens with one attached hydrogen (secondary N) is 1. The summed E-state index contributed by atoms with van der Waals surface area (Å²) in [5, 5.41) is 3.27. The van der Waals surface area contributed by atoms with Crippen LogP contribution in [0.25, 0.3) is 0 Å². The second-order valence-electron chi connectivity index (χ2n) is 6.85. The van der Waals surface area contributed by atoms with E-state index in [9.17, 15) is 8.42 Å². The van der Waals surface area contributed by atoms with Crippen molar-refractivity contribution in [3.63, 3.8) is 0 Å². The molecule has 2 rings (SSSR count). The van der Waals surface area contributed by atoms with E-state index in [1.807, 2.05) is 32.1 Å². The number of hydrogen-bond donors (Lipinski definition) is 1. The highest BCUT2D eigenvalue weighted by Gasteiger charge is 2.42. The smallest absolute Gasteiger partial charge is 0.194 e. The molecule has 0 aromatic carbocycles. The maximum Gasteiger partial charge on any atom is 0.194 e. The molecule has 0 unspecified atom stereocenters. The summed E-state index contributed by atoms with van der Waals surface area (Å²) in [7, 11) is 0.727. The molecular weight excluding hydrogens is 547 g/mol. The van der Waals surface area contributed by atoms with Gasteiger partial charge in [0.2, 0.25) is 0 Å². The van der Waals surface area contributed by atoms with Gasteiger partial charge in [-0.3, -0.25) is 4.99 Å². The van der Waals surface area contributed by atoms with Gasteiger partial charge in [-0.15, -0.1) is 24.0 Å². The minimum atomic E-state index is -3.23. The van der Waals surface area contributed by atoms with Crippen molar-refractivity contribution in [3.05, 3.63) is 22.4 Å². The Hall–Kier alpha value is -0.330. The number of rotatable bonds is 6. The van der Waals surface area contributed by atoms with Crippen LogP contribution in [0.2, 0.25) is 0 Å². The Labute approximate surface area is 188 Å². The average molecular weight is 577 g/mol. The molecule has 0 bridgehead atoms. The number of ether oxygens (including phenoxy) is 1. The number of halogens is 2. The molecule has 1 aromatic heterocycles. The molecule has 1 aliphatic heterocycles. The molecular formula is C17H30BrIN4O3S. The normalized spacial score (nSPS) is 17.3. The standard InChI is InChI=1S/C17H29BrN4O3S.HI/c1-5-19-16(22(3)12-15-10-14(18)11-21(15)2)20-13-17(26(4,23)24)6-8-25-9-7-17;/h10-11H,5-9,12-13H2,1-4H3,(H,19,20);1H. The first-order chi connectivity index (χ1) is 12.2. The molecule has 1 aliphatic rings. The largest absolute Gasteiger partial charge is 0.381 e. The molecule has 0 spiro atoms. The van der Waals surface area contributed by atoms with Gasteiger partial charge in [0.15, 0.2) is 15.8 Å². The molecule has 0 amide bonds. The Kier molecular flexibility index (Phi) is 9.56. The molecule has 0 saturated carbocycles. The van der Waals surface area contributed by atoms with Crippen LogP contribution in [-0.2, 0) is 28.2 Å². The lowest BCUT2D eigenvalue weighted by atomic mass is 9.99. The van der Waals surface area contributed by atoms with Gasteiger partial charge in [0.05, 0.1) is 17.8 Å². The van der Waals surface area contributed by atoms with Crippen LogP contribution < -0.4 is 5.32 Å². The maximum atomic E-state index is 12.4. The summed E-state index contributed by atoms with van der Waals surface area (Å²) in [5.41, 5.74) is 1.13. The second kappa shape index (κ2) is 10.4. The maximum absolute atomic E-state index is 12.4. The van der Waals surface area contributed by atoms with Crippen LogP contribution in [-0.4, -0.2) is 68.2 Å². The van der Waals surface area contributed by atoms with E-state index in [2.05, 4.69) is 36.9 Å². The minimum absolute atomic E-state index is 0. The summed E-state index contributed by atoms with van der Waals surface area (Å²) in [4.78, 5) is 6.70. The zero-order valence-corrected chi connectivity index (χ0v) is 21.1. The minimum Gasteiger partial charge on any atom is -0.381 e. The lowest BCUT2D eigenvalue weighted by molar-refractivity contribution is 0.0767. The van der Waals surface area contributed by atoms with Crippen molar-refractivity contribution < 1.29 is 13.2 Å². The van der Waals surface area contributed by atoms with E-state index in [1.54, 1.807) is 0 Å². The average Bonchev–Trinajstić information content (AvgIpc) is 2.88. The lowest BCUT2D eigenvalue weighted by Crippen LogP contribution is -2.47. The van der Waals surface area contributed by atoms with Gasteiger partial charge in [0.1, 0.15) is 0 Å². The Morgan fingerprint density at radius 3 is 2.56 bits per heavy atom. The zero-order chi connectivity index (χ0) is 19.4.